The number of allylic oxidation sites excluding steroid dienone is 1. The Balaban J connectivity index is 3.22. The highest BCUT2D eigenvalue weighted by molar-refractivity contribution is 6.19. The van der Waals surface area contributed by atoms with Crippen molar-refractivity contribution in [3.63, 3.8) is 0 Å². The molecule has 0 aromatic rings. The van der Waals surface area contributed by atoms with Crippen molar-refractivity contribution in [2.75, 3.05) is 5.88 Å². The Morgan fingerprint density at radius 2 is 2.50 bits per heavy atom. The average Bonchev–Trinajstić information content (AvgIpc) is 1.65. The van der Waals surface area contributed by atoms with Crippen LogP contribution in [0, 0.1) is 0 Å². The lowest BCUT2D eigenvalue weighted by atomic mass is 10.4. The second-order valence-electron chi connectivity index (χ2n) is 1.15. The summed E-state index contributed by atoms with van der Waals surface area (Å²) in [5, 5.41) is 0. The first-order valence-corrected chi connectivity index (χ1v) is 2.28. The molecule has 6 heavy (non-hydrogen) atoms. The summed E-state index contributed by atoms with van der Waals surface area (Å²) in [4.78, 5) is 0. The van der Waals surface area contributed by atoms with Gasteiger partial charge in [0.25, 0.3) is 0 Å². The summed E-state index contributed by atoms with van der Waals surface area (Å²) < 4.78 is 0. The van der Waals surface area contributed by atoms with Crippen LogP contribution in [0.15, 0.2) is 11.8 Å². The lowest BCUT2D eigenvalue weighted by Gasteiger charge is -1.83. The number of nitrogens with two attached hydrogens (primary N) is 1. The van der Waals surface area contributed by atoms with Gasteiger partial charge < -0.3 is 5.73 Å². The van der Waals surface area contributed by atoms with Gasteiger partial charge in [0.05, 0.1) is 0 Å². The van der Waals surface area contributed by atoms with Crippen LogP contribution in [0.1, 0.15) is 6.92 Å². The molecule has 1 nitrogen and oxygen atoms in total. The zero-order valence-corrected chi connectivity index (χ0v) is 4.50. The first-order chi connectivity index (χ1) is 2.81. The Labute approximate surface area is 42.8 Å². The molecule has 2 heteroatoms. The van der Waals surface area contributed by atoms with Crippen molar-refractivity contribution in [3.05, 3.63) is 11.8 Å². The van der Waals surface area contributed by atoms with Gasteiger partial charge in [0, 0.05) is 5.88 Å². The summed E-state index contributed by atoms with van der Waals surface area (Å²) in [6, 6.07) is 0. The van der Waals surface area contributed by atoms with E-state index in [4.69, 9.17) is 17.3 Å². The van der Waals surface area contributed by atoms with Gasteiger partial charge in [0.1, 0.15) is 0 Å². The monoisotopic (exact) mass is 105 g/mol. The second-order valence-corrected chi connectivity index (χ2v) is 1.41. The number of rotatable bonds is 1. The van der Waals surface area contributed by atoms with E-state index in [0.29, 0.717) is 5.88 Å². The molecule has 0 aliphatic rings. The van der Waals surface area contributed by atoms with Crippen LogP contribution < -0.4 is 5.73 Å². The number of hydrogen-bond acceptors (Lipinski definition) is 1. The van der Waals surface area contributed by atoms with E-state index < -0.39 is 0 Å². The maximum Gasteiger partial charge on any atom is 0.0447 e. The Hall–Kier alpha value is -0.170. The maximum atomic E-state index is 5.30. The third-order valence-corrected chi connectivity index (χ3v) is 0.917. The fraction of sp³-hybridized carbons (Fsp3) is 0.500. The van der Waals surface area contributed by atoms with E-state index in [0.717, 1.165) is 5.57 Å². The standard InChI is InChI=1S/C4H8ClN/c1-4(2-5)3-6/h3H,2,6H2,1H3. The van der Waals surface area contributed by atoms with Crippen LogP contribution in [0.3, 0.4) is 0 Å². The van der Waals surface area contributed by atoms with E-state index in [9.17, 15) is 0 Å². The average molecular weight is 106 g/mol. The Kier molecular flexibility index (Phi) is 2.95. The Morgan fingerprint density at radius 3 is 2.50 bits per heavy atom. The molecule has 0 fully saturated rings. The fourth-order valence-electron chi connectivity index (χ4n) is 0.0445. The first kappa shape index (κ1) is 5.83. The minimum atomic E-state index is 0.538. The molecule has 0 spiro atoms. The topological polar surface area (TPSA) is 26.0 Å². The largest absolute Gasteiger partial charge is 0.405 e. The van der Waals surface area contributed by atoms with E-state index in [1.54, 1.807) is 0 Å². The first-order valence-electron chi connectivity index (χ1n) is 1.74. The van der Waals surface area contributed by atoms with Crippen molar-refractivity contribution in [1.29, 1.82) is 0 Å². The van der Waals surface area contributed by atoms with E-state index in [-0.39, 0.29) is 0 Å². The molecular weight excluding hydrogens is 97.5 g/mol. The van der Waals surface area contributed by atoms with E-state index in [2.05, 4.69) is 0 Å². The normalized spacial score (nSPS) is 12.0. The summed E-state index contributed by atoms with van der Waals surface area (Å²) in [6.45, 7) is 1.88. The molecule has 36 valence electrons. The molecule has 0 aliphatic heterocycles. The molecule has 0 atom stereocenters. The third kappa shape index (κ3) is 2.09. The molecule has 0 unspecified atom stereocenters. The van der Waals surface area contributed by atoms with Crippen LogP contribution in [0.25, 0.3) is 0 Å². The lowest BCUT2D eigenvalue weighted by molar-refractivity contribution is 1.35. The van der Waals surface area contributed by atoms with Crippen molar-refractivity contribution < 1.29 is 0 Å². The molecule has 2 N–H and O–H groups in total. The summed E-state index contributed by atoms with van der Waals surface area (Å²) >= 11 is 5.30. The van der Waals surface area contributed by atoms with E-state index in [1.165, 1.54) is 6.20 Å². The molecule has 0 heterocycles. The van der Waals surface area contributed by atoms with Crippen LogP contribution in [0.2, 0.25) is 0 Å². The van der Waals surface area contributed by atoms with Gasteiger partial charge in [0.15, 0.2) is 0 Å². The summed E-state index contributed by atoms with van der Waals surface area (Å²) in [7, 11) is 0. The molecule has 0 saturated carbocycles. The van der Waals surface area contributed by atoms with Gasteiger partial charge in [-0.25, -0.2) is 0 Å². The minimum Gasteiger partial charge on any atom is -0.405 e. The molecule has 0 radical (unpaired) electrons. The van der Waals surface area contributed by atoms with Crippen molar-refractivity contribution in [1.82, 2.24) is 0 Å². The van der Waals surface area contributed by atoms with Gasteiger partial charge in [-0.3, -0.25) is 0 Å². The number of hydrogen-bond donors (Lipinski definition) is 1. The molecule has 0 aromatic heterocycles. The predicted octanol–water partition coefficient (Wildman–Crippen LogP) is 1.09. The molecule has 0 amide bonds. The zero-order valence-electron chi connectivity index (χ0n) is 3.74. The highest BCUT2D eigenvalue weighted by atomic mass is 35.5. The summed E-state index contributed by atoms with van der Waals surface area (Å²) in [5.74, 6) is 0.538. The van der Waals surface area contributed by atoms with Gasteiger partial charge in [-0.2, -0.15) is 0 Å². The fourth-order valence-corrected chi connectivity index (χ4v) is 0.134. The van der Waals surface area contributed by atoms with Crippen LogP contribution >= 0.6 is 11.6 Å². The molecule has 0 aromatic carbocycles. The smallest absolute Gasteiger partial charge is 0.0447 e. The van der Waals surface area contributed by atoms with E-state index in [1.807, 2.05) is 6.92 Å². The van der Waals surface area contributed by atoms with Crippen molar-refractivity contribution in [3.8, 4) is 0 Å². The molecule has 0 saturated heterocycles. The van der Waals surface area contributed by atoms with Crippen molar-refractivity contribution in [2.45, 2.75) is 6.92 Å². The molecule has 0 rings (SSSR count). The molecular formula is C4H8ClN. The van der Waals surface area contributed by atoms with Crippen LogP contribution in [0.4, 0.5) is 0 Å². The summed E-state index contributed by atoms with van der Waals surface area (Å²) in [6.07, 6.45) is 1.51. The van der Waals surface area contributed by atoms with Gasteiger partial charge >= 0.3 is 0 Å². The SMILES string of the molecule is CC(=CN)CCl. The van der Waals surface area contributed by atoms with Crippen LogP contribution in [-0.4, -0.2) is 5.88 Å². The lowest BCUT2D eigenvalue weighted by Crippen LogP contribution is -1.83. The van der Waals surface area contributed by atoms with Crippen LogP contribution in [-0.2, 0) is 0 Å². The maximum absolute atomic E-state index is 5.30. The highest BCUT2D eigenvalue weighted by Crippen LogP contribution is 1.89. The van der Waals surface area contributed by atoms with Crippen LogP contribution in [0.5, 0.6) is 0 Å². The summed E-state index contributed by atoms with van der Waals surface area (Å²) in [5.41, 5.74) is 6.05. The van der Waals surface area contributed by atoms with Gasteiger partial charge in [-0.05, 0) is 18.7 Å². The number of halogens is 1. The number of alkyl halides is 1. The molecule has 0 bridgehead atoms. The van der Waals surface area contributed by atoms with E-state index >= 15 is 0 Å². The minimum absolute atomic E-state index is 0.538. The highest BCUT2D eigenvalue weighted by Gasteiger charge is 1.75. The van der Waals surface area contributed by atoms with Crippen molar-refractivity contribution >= 4 is 11.6 Å². The predicted molar refractivity (Wildman–Crippen MR) is 28.7 cm³/mol. The van der Waals surface area contributed by atoms with Gasteiger partial charge in [-0.15, -0.1) is 11.6 Å². The second kappa shape index (κ2) is 3.04. The molecule has 0 aliphatic carbocycles. The quantitative estimate of drug-likeness (QED) is 0.497. The zero-order chi connectivity index (χ0) is 4.99. The third-order valence-electron chi connectivity index (χ3n) is 0.495. The van der Waals surface area contributed by atoms with Crippen molar-refractivity contribution in [2.24, 2.45) is 5.73 Å². The van der Waals surface area contributed by atoms with Gasteiger partial charge in [-0.1, -0.05) is 0 Å². The Bertz CT molecular complexity index is 58.6. The van der Waals surface area contributed by atoms with Gasteiger partial charge in [0.2, 0.25) is 0 Å². The Morgan fingerprint density at radius 1 is 2.00 bits per heavy atom.